The lowest BCUT2D eigenvalue weighted by Crippen LogP contribution is -2.31. The number of hydrogen-bond donors (Lipinski definition) is 0. The van der Waals surface area contributed by atoms with Gasteiger partial charge in [-0.25, -0.2) is 4.79 Å². The third-order valence-electron chi connectivity index (χ3n) is 5.04. The fraction of sp³-hybridized carbons (Fsp3) is 0.350. The molecule has 2 atom stereocenters. The van der Waals surface area contributed by atoms with Crippen LogP contribution in [0, 0.1) is 0 Å². The molecule has 0 bridgehead atoms. The molecule has 0 spiro atoms. The molecule has 0 aliphatic carbocycles. The summed E-state index contributed by atoms with van der Waals surface area (Å²) in [5.74, 6) is 0. The van der Waals surface area contributed by atoms with E-state index in [1.807, 2.05) is 0 Å². The van der Waals surface area contributed by atoms with Crippen LogP contribution in [0.15, 0.2) is 36.4 Å². The number of carbonyl (C=O) groups excluding carboxylic acids is 1. The molecule has 0 saturated carbocycles. The van der Waals surface area contributed by atoms with Crippen molar-refractivity contribution in [3.63, 3.8) is 0 Å². The Morgan fingerprint density at radius 3 is 1.85 bits per heavy atom. The quantitative estimate of drug-likeness (QED) is 0.244. The molecule has 2 aromatic carbocycles. The number of halogens is 10. The number of ether oxygens (including phenoxy) is 1. The molecule has 3 rings (SSSR count). The number of nitrogens with zero attached hydrogens (tertiary/aromatic N) is 1. The van der Waals surface area contributed by atoms with Gasteiger partial charge in [-0.05, 0) is 54.4 Å². The molecule has 1 aliphatic heterocycles. The van der Waals surface area contributed by atoms with Crippen molar-refractivity contribution in [1.29, 1.82) is 0 Å². The zero-order valence-corrected chi connectivity index (χ0v) is 17.1. The molecule has 33 heavy (non-hydrogen) atoms. The zero-order valence-electron chi connectivity index (χ0n) is 16.4. The maximum absolute atomic E-state index is 13.1. The van der Waals surface area contributed by atoms with Crippen molar-refractivity contribution in [2.45, 2.75) is 44.1 Å². The Kier molecular flexibility index (Phi) is 6.29. The van der Waals surface area contributed by atoms with Crippen LogP contribution in [0.5, 0.6) is 0 Å². The van der Waals surface area contributed by atoms with Crippen LogP contribution in [0.1, 0.15) is 40.8 Å². The Morgan fingerprint density at radius 1 is 0.848 bits per heavy atom. The Hall–Kier alpha value is -2.63. The van der Waals surface area contributed by atoms with E-state index in [1.54, 1.807) is 0 Å². The molecule has 0 N–H and O–H groups in total. The Morgan fingerprint density at radius 2 is 1.36 bits per heavy atom. The molecule has 2 aromatic rings. The van der Waals surface area contributed by atoms with E-state index in [0.717, 1.165) is 17.0 Å². The van der Waals surface area contributed by atoms with Gasteiger partial charge in [0, 0.05) is 5.02 Å². The monoisotopic (exact) mass is 509 g/mol. The highest BCUT2D eigenvalue weighted by molar-refractivity contribution is 6.31. The predicted octanol–water partition coefficient (Wildman–Crippen LogP) is 7.48. The molecule has 1 aliphatic rings. The average molecular weight is 510 g/mol. The molecule has 1 amide bonds. The normalized spacial score (nSPS) is 19.7. The van der Waals surface area contributed by atoms with E-state index in [4.69, 9.17) is 16.3 Å². The molecule has 1 heterocycles. The van der Waals surface area contributed by atoms with Gasteiger partial charge in [0.2, 0.25) is 0 Å². The molecule has 3 nitrogen and oxygen atoms in total. The van der Waals surface area contributed by atoms with Gasteiger partial charge >= 0.3 is 24.6 Å². The number of benzene rings is 2. The third kappa shape index (κ3) is 5.31. The van der Waals surface area contributed by atoms with Gasteiger partial charge < -0.3 is 4.74 Å². The fourth-order valence-electron chi connectivity index (χ4n) is 3.36. The largest absolute Gasteiger partial charge is 0.439 e. The van der Waals surface area contributed by atoms with E-state index in [0.29, 0.717) is 18.2 Å². The van der Waals surface area contributed by atoms with Gasteiger partial charge in [-0.3, -0.25) is 4.90 Å². The fourth-order valence-corrected chi connectivity index (χ4v) is 3.54. The second kappa shape index (κ2) is 8.30. The summed E-state index contributed by atoms with van der Waals surface area (Å²) in [6.07, 6.45) is -17.6. The minimum Gasteiger partial charge on any atom is -0.439 e. The first kappa shape index (κ1) is 25.0. The summed E-state index contributed by atoms with van der Waals surface area (Å²) >= 11 is 5.92. The van der Waals surface area contributed by atoms with Crippen LogP contribution in [0.25, 0.3) is 0 Å². The van der Waals surface area contributed by atoms with E-state index in [9.17, 15) is 44.3 Å². The molecule has 0 radical (unpaired) electrons. The lowest BCUT2D eigenvalue weighted by molar-refractivity contribution is -0.143. The highest BCUT2D eigenvalue weighted by Gasteiger charge is 2.43. The van der Waals surface area contributed by atoms with E-state index in [-0.39, 0.29) is 16.7 Å². The summed E-state index contributed by atoms with van der Waals surface area (Å²) in [5.41, 5.74) is -4.91. The predicted molar refractivity (Wildman–Crippen MR) is 97.1 cm³/mol. The van der Waals surface area contributed by atoms with Crippen molar-refractivity contribution in [2.24, 2.45) is 0 Å². The average Bonchev–Trinajstić information content (AvgIpc) is 2.95. The van der Waals surface area contributed by atoms with Crippen LogP contribution < -0.4 is 0 Å². The van der Waals surface area contributed by atoms with Crippen LogP contribution in [0.2, 0.25) is 5.02 Å². The first-order valence-electron chi connectivity index (χ1n) is 9.10. The van der Waals surface area contributed by atoms with Crippen molar-refractivity contribution in [2.75, 3.05) is 0 Å². The smallest absolute Gasteiger partial charge is 0.416 e. The number of rotatable bonds is 3. The molecular formula is C20H13ClF9NO2. The third-order valence-corrected chi connectivity index (χ3v) is 5.41. The van der Waals surface area contributed by atoms with Crippen LogP contribution in [-0.2, 0) is 29.8 Å². The minimum absolute atomic E-state index is 0.0644. The Labute approximate surface area is 185 Å². The van der Waals surface area contributed by atoms with Crippen molar-refractivity contribution in [3.8, 4) is 0 Å². The van der Waals surface area contributed by atoms with Gasteiger partial charge in [0.1, 0.15) is 6.10 Å². The van der Waals surface area contributed by atoms with Gasteiger partial charge in [-0.1, -0.05) is 11.6 Å². The number of alkyl halides is 9. The molecule has 1 saturated heterocycles. The molecule has 13 heteroatoms. The molecule has 0 aromatic heterocycles. The number of hydrogen-bond acceptors (Lipinski definition) is 2. The van der Waals surface area contributed by atoms with Gasteiger partial charge in [-0.15, -0.1) is 0 Å². The number of carbonyl (C=O) groups is 1. The lowest BCUT2D eigenvalue weighted by atomic mass is 10.1. The van der Waals surface area contributed by atoms with Crippen molar-refractivity contribution in [3.05, 3.63) is 69.2 Å². The summed E-state index contributed by atoms with van der Waals surface area (Å²) in [7, 11) is 0. The van der Waals surface area contributed by atoms with Crippen molar-refractivity contribution in [1.82, 2.24) is 4.90 Å². The maximum Gasteiger partial charge on any atom is 0.416 e. The van der Waals surface area contributed by atoms with E-state index >= 15 is 0 Å². The zero-order chi connectivity index (χ0) is 24.9. The summed E-state index contributed by atoms with van der Waals surface area (Å²) in [6.45, 7) is 0.773. The van der Waals surface area contributed by atoms with Crippen LogP contribution in [-0.4, -0.2) is 17.0 Å². The second-order valence-corrected chi connectivity index (χ2v) is 7.72. The molecular weight excluding hydrogens is 497 g/mol. The Balaban J connectivity index is 1.96. The second-order valence-electron chi connectivity index (χ2n) is 7.32. The van der Waals surface area contributed by atoms with Gasteiger partial charge in [0.25, 0.3) is 0 Å². The standard InChI is InChI=1S/C20H13ClF9NO2/c1-9-16(10-4-13(19(25,26)27)7-14(5-10)20(28,29)30)33-17(32)31(9)8-11-6-12(18(22,23)24)2-3-15(11)21/h2-7,9,16H,8H2,1H3/t9-,16-/m0/s1/i1+1,9+1,16+1,31+1. The van der Waals surface area contributed by atoms with E-state index < -0.39 is 65.6 Å². The first-order chi connectivity index (χ1) is 15.0. The molecule has 1 fully saturated rings. The topological polar surface area (TPSA) is 29.5 Å². The number of amides is 1. The molecule has 180 valence electrons. The number of cyclic esters (lactones) is 1. The summed E-state index contributed by atoms with van der Waals surface area (Å²) < 4.78 is 123. The summed E-state index contributed by atoms with van der Waals surface area (Å²) in [4.78, 5) is 13.2. The lowest BCUT2D eigenvalue weighted by Gasteiger charge is -2.23. The van der Waals surface area contributed by atoms with Crippen LogP contribution in [0.4, 0.5) is 44.3 Å². The SMILES string of the molecule is [13CH3][13C@H]1[13C@@H](c2cc(C(F)(F)F)cc(C(F)(F)F)c2)OC(=O)[15N]1Cc1cc(C(F)(F)F)ccc1Cl. The van der Waals surface area contributed by atoms with E-state index in [2.05, 4.69) is 0 Å². The molecule has 0 unspecified atom stereocenters. The maximum atomic E-state index is 13.1. The summed E-state index contributed by atoms with van der Waals surface area (Å²) in [6, 6.07) is 2.07. The van der Waals surface area contributed by atoms with Crippen molar-refractivity contribution >= 4 is 17.7 Å². The minimum atomic E-state index is -5.10. The van der Waals surface area contributed by atoms with E-state index in [1.165, 1.54) is 6.92 Å². The summed E-state index contributed by atoms with van der Waals surface area (Å²) in [5, 5.41) is -0.120. The van der Waals surface area contributed by atoms with Crippen LogP contribution >= 0.6 is 11.6 Å². The highest BCUT2D eigenvalue weighted by Crippen LogP contribution is 2.41. The van der Waals surface area contributed by atoms with Crippen molar-refractivity contribution < 1.29 is 49.0 Å². The van der Waals surface area contributed by atoms with Gasteiger partial charge in [0.15, 0.2) is 0 Å². The van der Waals surface area contributed by atoms with Gasteiger partial charge in [-0.2, -0.15) is 39.5 Å². The highest BCUT2D eigenvalue weighted by atomic mass is 35.5. The van der Waals surface area contributed by atoms with Crippen LogP contribution in [0.3, 0.4) is 0 Å². The van der Waals surface area contributed by atoms with Gasteiger partial charge in [0.05, 0.1) is 29.3 Å². The first-order valence-corrected chi connectivity index (χ1v) is 9.48. The Bertz CT molecular complexity index is 1030.